The number of aryl methyl sites for hydroxylation is 1. The van der Waals surface area contributed by atoms with Crippen molar-refractivity contribution >= 4 is 22.8 Å². The van der Waals surface area contributed by atoms with Crippen LogP contribution in [0.4, 0.5) is 0 Å². The lowest BCUT2D eigenvalue weighted by atomic mass is 10.00. The molecule has 1 saturated carbocycles. The monoisotopic (exact) mass is 269 g/mol. The molecule has 0 N–H and O–H groups in total. The van der Waals surface area contributed by atoms with Crippen molar-refractivity contribution in [2.75, 3.05) is 0 Å². The maximum atomic E-state index is 12.1. The smallest absolute Gasteiger partial charge is 0.341 e. The van der Waals surface area contributed by atoms with Gasteiger partial charge in [0, 0.05) is 5.39 Å². The number of furan rings is 1. The Labute approximate surface area is 116 Å². The third kappa shape index (κ3) is 1.60. The zero-order valence-electron chi connectivity index (χ0n) is 11.3. The van der Waals surface area contributed by atoms with Crippen LogP contribution in [0.1, 0.15) is 37.0 Å². The molecule has 20 heavy (non-hydrogen) atoms. The zero-order valence-corrected chi connectivity index (χ0v) is 11.3. The molecular weight excluding hydrogens is 254 g/mol. The highest BCUT2D eigenvalue weighted by Crippen LogP contribution is 2.39. The number of rotatable bonds is 1. The summed E-state index contributed by atoms with van der Waals surface area (Å²) in [4.78, 5) is 16.6. The fraction of sp³-hybridized carbons (Fsp3) is 0.375. The quantitative estimate of drug-likeness (QED) is 0.746. The zero-order chi connectivity index (χ0) is 13.7. The minimum absolute atomic E-state index is 0.221. The summed E-state index contributed by atoms with van der Waals surface area (Å²) in [6, 6.07) is 7.86. The van der Waals surface area contributed by atoms with Gasteiger partial charge in [0.1, 0.15) is 5.58 Å². The van der Waals surface area contributed by atoms with E-state index in [1.807, 2.05) is 31.2 Å². The first-order valence-electron chi connectivity index (χ1n) is 6.99. The van der Waals surface area contributed by atoms with Gasteiger partial charge < -0.3 is 9.15 Å². The lowest BCUT2D eigenvalue weighted by molar-refractivity contribution is -0.138. The molecule has 0 atom stereocenters. The predicted octanol–water partition coefficient (Wildman–Crippen LogP) is 3.36. The number of nitrogens with zero attached hydrogens (tertiary/aromatic N) is 1. The molecule has 2 heterocycles. The molecule has 1 aromatic heterocycles. The average Bonchev–Trinajstić information content (AvgIpc) is 3.10. The van der Waals surface area contributed by atoms with E-state index < -0.39 is 5.54 Å². The van der Waals surface area contributed by atoms with Gasteiger partial charge in [-0.05, 0) is 38.0 Å². The molecule has 0 bridgehead atoms. The van der Waals surface area contributed by atoms with Gasteiger partial charge in [0.15, 0.2) is 11.3 Å². The summed E-state index contributed by atoms with van der Waals surface area (Å²) in [5.74, 6) is 0.662. The molecule has 4 rings (SSSR count). The van der Waals surface area contributed by atoms with Gasteiger partial charge in [0.05, 0.1) is 0 Å². The Bertz CT molecular complexity index is 735. The fourth-order valence-corrected chi connectivity index (χ4v) is 3.10. The van der Waals surface area contributed by atoms with Crippen LogP contribution in [0.15, 0.2) is 33.7 Å². The van der Waals surface area contributed by atoms with Crippen molar-refractivity contribution in [1.82, 2.24) is 0 Å². The van der Waals surface area contributed by atoms with Crippen LogP contribution in [0.5, 0.6) is 0 Å². The van der Waals surface area contributed by atoms with Crippen LogP contribution in [0, 0.1) is 6.92 Å². The van der Waals surface area contributed by atoms with E-state index >= 15 is 0 Å². The van der Waals surface area contributed by atoms with E-state index in [-0.39, 0.29) is 5.97 Å². The van der Waals surface area contributed by atoms with Gasteiger partial charge in [0.2, 0.25) is 0 Å². The summed E-state index contributed by atoms with van der Waals surface area (Å²) in [7, 11) is 0. The number of hydrogen-bond acceptors (Lipinski definition) is 4. The summed E-state index contributed by atoms with van der Waals surface area (Å²) in [6.07, 6.45) is 3.64. The lowest BCUT2D eigenvalue weighted by Gasteiger charge is -2.12. The van der Waals surface area contributed by atoms with E-state index in [2.05, 4.69) is 4.99 Å². The van der Waals surface area contributed by atoms with Crippen LogP contribution in [0.3, 0.4) is 0 Å². The summed E-state index contributed by atoms with van der Waals surface area (Å²) in [5, 5.41) is 1.01. The second-order valence-corrected chi connectivity index (χ2v) is 5.70. The number of fused-ring (bicyclic) bond motifs is 1. The lowest BCUT2D eigenvalue weighted by Crippen LogP contribution is -2.29. The van der Waals surface area contributed by atoms with Crippen LogP contribution in [0.25, 0.3) is 11.0 Å². The van der Waals surface area contributed by atoms with Crippen molar-refractivity contribution in [3.05, 3.63) is 35.6 Å². The fourth-order valence-electron chi connectivity index (χ4n) is 3.10. The van der Waals surface area contributed by atoms with Gasteiger partial charge in [-0.3, -0.25) is 0 Å². The molecule has 4 nitrogen and oxygen atoms in total. The summed E-state index contributed by atoms with van der Waals surface area (Å²) in [5.41, 5.74) is 1.32. The van der Waals surface area contributed by atoms with E-state index in [9.17, 15) is 4.79 Å². The molecule has 1 aliphatic heterocycles. The van der Waals surface area contributed by atoms with Crippen molar-refractivity contribution in [2.45, 2.75) is 38.1 Å². The number of carbonyl (C=O) groups is 1. The average molecular weight is 269 g/mol. The van der Waals surface area contributed by atoms with E-state index in [4.69, 9.17) is 9.15 Å². The molecule has 1 aromatic carbocycles. The minimum Gasteiger partial charge on any atom is -0.451 e. The van der Waals surface area contributed by atoms with E-state index in [0.717, 1.165) is 36.7 Å². The first kappa shape index (κ1) is 11.7. The maximum Gasteiger partial charge on any atom is 0.341 e. The van der Waals surface area contributed by atoms with Crippen LogP contribution in [-0.2, 0) is 9.53 Å². The maximum absolute atomic E-state index is 12.1. The Morgan fingerprint density at radius 2 is 2.00 bits per heavy atom. The highest BCUT2D eigenvalue weighted by atomic mass is 16.6. The van der Waals surface area contributed by atoms with E-state index in [1.54, 1.807) is 0 Å². The highest BCUT2D eigenvalue weighted by Gasteiger charge is 2.48. The van der Waals surface area contributed by atoms with E-state index in [0.29, 0.717) is 11.7 Å². The first-order valence-corrected chi connectivity index (χ1v) is 6.99. The molecular formula is C16H15NO3. The van der Waals surface area contributed by atoms with Crippen molar-refractivity contribution in [3.8, 4) is 0 Å². The topological polar surface area (TPSA) is 51.8 Å². The standard InChI is InChI=1S/C16H15NO3/c1-10-4-5-12-11(8-10)9-13(19-12)14-17-16(15(18)20-14)6-2-3-7-16/h4-5,8-9H,2-3,6-7H2,1H3. The molecule has 0 radical (unpaired) electrons. The summed E-state index contributed by atoms with van der Waals surface area (Å²) in [6.45, 7) is 2.03. The van der Waals surface area contributed by atoms with Crippen molar-refractivity contribution in [2.24, 2.45) is 4.99 Å². The van der Waals surface area contributed by atoms with Crippen LogP contribution >= 0.6 is 0 Å². The second-order valence-electron chi connectivity index (χ2n) is 5.70. The Kier molecular flexibility index (Phi) is 2.31. The van der Waals surface area contributed by atoms with Gasteiger partial charge in [-0.2, -0.15) is 0 Å². The van der Waals surface area contributed by atoms with Gasteiger partial charge in [-0.15, -0.1) is 0 Å². The van der Waals surface area contributed by atoms with Gasteiger partial charge >= 0.3 is 5.97 Å². The van der Waals surface area contributed by atoms with Crippen LogP contribution < -0.4 is 0 Å². The highest BCUT2D eigenvalue weighted by molar-refractivity contribution is 6.08. The predicted molar refractivity (Wildman–Crippen MR) is 74.8 cm³/mol. The number of aliphatic imine (C=N–C) groups is 1. The third-order valence-corrected chi connectivity index (χ3v) is 4.20. The van der Waals surface area contributed by atoms with Crippen LogP contribution in [0.2, 0.25) is 0 Å². The minimum atomic E-state index is -0.635. The number of esters is 1. The molecule has 2 aromatic rings. The molecule has 1 fully saturated rings. The van der Waals surface area contributed by atoms with Gasteiger partial charge in [0.25, 0.3) is 5.90 Å². The third-order valence-electron chi connectivity index (χ3n) is 4.20. The van der Waals surface area contributed by atoms with E-state index in [1.165, 1.54) is 5.56 Å². The molecule has 4 heteroatoms. The largest absolute Gasteiger partial charge is 0.451 e. The SMILES string of the molecule is Cc1ccc2oc(C3=NC4(CCCC4)C(=O)O3)cc2c1. The normalized spacial score (nSPS) is 20.6. The molecule has 2 aliphatic rings. The molecule has 1 spiro atoms. The molecule has 0 amide bonds. The first-order chi connectivity index (χ1) is 9.66. The Hall–Kier alpha value is -2.10. The molecule has 0 unspecified atom stereocenters. The number of carbonyl (C=O) groups excluding carboxylic acids is 1. The summed E-state index contributed by atoms with van der Waals surface area (Å²) >= 11 is 0. The Morgan fingerprint density at radius 3 is 2.80 bits per heavy atom. The Balaban J connectivity index is 1.78. The molecule has 1 aliphatic carbocycles. The molecule has 102 valence electrons. The second kappa shape index (κ2) is 3.95. The summed E-state index contributed by atoms with van der Waals surface area (Å²) < 4.78 is 11.1. The van der Waals surface area contributed by atoms with Crippen molar-refractivity contribution in [3.63, 3.8) is 0 Å². The number of benzene rings is 1. The molecule has 0 saturated heterocycles. The number of cyclic esters (lactones) is 1. The number of hydrogen-bond donors (Lipinski definition) is 0. The van der Waals surface area contributed by atoms with Gasteiger partial charge in [-0.1, -0.05) is 24.5 Å². The number of ether oxygens (including phenoxy) is 1. The van der Waals surface area contributed by atoms with Gasteiger partial charge in [-0.25, -0.2) is 9.79 Å². The van der Waals surface area contributed by atoms with Crippen molar-refractivity contribution in [1.29, 1.82) is 0 Å². The van der Waals surface area contributed by atoms with Crippen LogP contribution in [-0.4, -0.2) is 17.4 Å². The Morgan fingerprint density at radius 1 is 1.20 bits per heavy atom. The van der Waals surface area contributed by atoms with Crippen molar-refractivity contribution < 1.29 is 13.9 Å².